The molecule has 2 heterocycles. The van der Waals surface area contributed by atoms with Crippen LogP contribution in [-0.4, -0.2) is 32.8 Å². The molecule has 2 aromatic heterocycles. The largest absolute Gasteiger partial charge is 0.385 e. The van der Waals surface area contributed by atoms with E-state index in [0.717, 1.165) is 0 Å². The minimum atomic E-state index is -0.465. The van der Waals surface area contributed by atoms with Crippen molar-refractivity contribution in [3.8, 4) is 0 Å². The van der Waals surface area contributed by atoms with Crippen LogP contribution in [0.3, 0.4) is 0 Å². The normalized spacial score (nSPS) is 13.0. The van der Waals surface area contributed by atoms with Gasteiger partial charge in [-0.25, -0.2) is 9.78 Å². The topological polar surface area (TPSA) is 108 Å². The second-order valence-corrected chi connectivity index (χ2v) is 4.75. The lowest BCUT2D eigenvalue weighted by molar-refractivity contribution is 0.190. The van der Waals surface area contributed by atoms with E-state index in [0.29, 0.717) is 36.6 Å². The van der Waals surface area contributed by atoms with Gasteiger partial charge in [0.2, 0.25) is 0 Å². The van der Waals surface area contributed by atoms with E-state index in [9.17, 15) is 9.59 Å². The number of hydrogen-bond donors (Lipinski definition) is 2. The lowest BCUT2D eigenvalue weighted by atomic mass is 10.3. The van der Waals surface area contributed by atoms with Crippen LogP contribution in [0.25, 0.3) is 11.2 Å². The van der Waals surface area contributed by atoms with E-state index < -0.39 is 11.2 Å². The molecule has 0 saturated carbocycles. The van der Waals surface area contributed by atoms with Gasteiger partial charge in [0.1, 0.15) is 5.82 Å². The second-order valence-electron chi connectivity index (χ2n) is 4.75. The molecule has 0 bridgehead atoms. The molecule has 0 saturated heterocycles. The lowest BCUT2D eigenvalue weighted by Crippen LogP contribution is -2.31. The number of aromatic nitrogens is 4. The summed E-state index contributed by atoms with van der Waals surface area (Å²) in [5.74, 6) is 0.566. The van der Waals surface area contributed by atoms with E-state index in [1.807, 2.05) is 0 Å². The monoisotopic (exact) mass is 281 g/mol. The van der Waals surface area contributed by atoms with Gasteiger partial charge in [-0.3, -0.25) is 14.3 Å². The number of fused-ring (bicyclic) bond motifs is 1. The molecule has 1 atom stereocenters. The molecule has 0 aromatic carbocycles. The molecule has 0 radical (unpaired) electrons. The highest BCUT2D eigenvalue weighted by molar-refractivity contribution is 5.70. The Hall–Kier alpha value is -1.93. The molecule has 2 aromatic rings. The van der Waals surface area contributed by atoms with E-state index in [4.69, 9.17) is 10.5 Å². The summed E-state index contributed by atoms with van der Waals surface area (Å²) in [5, 5.41) is 0. The maximum atomic E-state index is 11.9. The molecule has 8 heteroatoms. The second kappa shape index (κ2) is 5.59. The number of hydrogen-bond acceptors (Lipinski definition) is 5. The first-order valence-electron chi connectivity index (χ1n) is 6.41. The molecule has 0 fully saturated rings. The fourth-order valence-corrected chi connectivity index (χ4v) is 2.24. The molecule has 1 unspecified atom stereocenters. The quantitative estimate of drug-likeness (QED) is 0.717. The molecule has 2 rings (SSSR count). The van der Waals surface area contributed by atoms with E-state index in [-0.39, 0.29) is 6.04 Å². The zero-order chi connectivity index (χ0) is 14.9. The van der Waals surface area contributed by atoms with Crippen molar-refractivity contribution in [2.75, 3.05) is 13.7 Å². The number of aryl methyl sites for hydroxylation is 2. The molecule has 110 valence electrons. The average molecular weight is 281 g/mol. The van der Waals surface area contributed by atoms with Gasteiger partial charge in [-0.1, -0.05) is 0 Å². The van der Waals surface area contributed by atoms with Gasteiger partial charge >= 0.3 is 5.69 Å². The van der Waals surface area contributed by atoms with Crippen LogP contribution in [0, 0.1) is 0 Å². The highest BCUT2D eigenvalue weighted by Crippen LogP contribution is 2.14. The van der Waals surface area contributed by atoms with E-state index >= 15 is 0 Å². The summed E-state index contributed by atoms with van der Waals surface area (Å²) >= 11 is 0. The van der Waals surface area contributed by atoms with E-state index in [2.05, 4.69) is 9.97 Å². The fraction of sp³-hybridized carbons (Fsp3) is 0.583. The van der Waals surface area contributed by atoms with Crippen molar-refractivity contribution in [1.82, 2.24) is 19.1 Å². The fourth-order valence-electron chi connectivity index (χ4n) is 2.24. The van der Waals surface area contributed by atoms with Gasteiger partial charge in [-0.05, 0) is 13.3 Å². The molecule has 0 spiro atoms. The number of rotatable bonds is 5. The van der Waals surface area contributed by atoms with Crippen molar-refractivity contribution in [3.05, 3.63) is 26.7 Å². The molecule has 0 amide bonds. The maximum Gasteiger partial charge on any atom is 0.330 e. The van der Waals surface area contributed by atoms with Crippen molar-refractivity contribution in [2.45, 2.75) is 25.9 Å². The van der Waals surface area contributed by atoms with Crippen LogP contribution in [0.5, 0.6) is 0 Å². The Kier molecular flexibility index (Phi) is 4.05. The van der Waals surface area contributed by atoms with Gasteiger partial charge in [0.15, 0.2) is 11.2 Å². The molecule has 0 aliphatic rings. The third-order valence-corrected chi connectivity index (χ3v) is 3.19. The standard InChI is InChI=1S/C12H19N5O3/c1-7(13)9-14-10-8(16(9)2)11(18)15-12(19)17(10)5-4-6-20-3/h7H,4-6,13H2,1-3H3,(H,15,18,19). The minimum absolute atomic E-state index is 0.325. The van der Waals surface area contributed by atoms with Crippen LogP contribution >= 0.6 is 0 Å². The zero-order valence-electron chi connectivity index (χ0n) is 11.8. The number of nitrogens with zero attached hydrogens (tertiary/aromatic N) is 3. The van der Waals surface area contributed by atoms with Crippen LogP contribution in [-0.2, 0) is 18.3 Å². The molecule has 0 aliphatic heterocycles. The van der Waals surface area contributed by atoms with Gasteiger partial charge in [-0.2, -0.15) is 0 Å². The summed E-state index contributed by atoms with van der Waals surface area (Å²) in [5.41, 5.74) is 5.64. The predicted molar refractivity (Wildman–Crippen MR) is 74.7 cm³/mol. The van der Waals surface area contributed by atoms with Crippen LogP contribution in [0.4, 0.5) is 0 Å². The SMILES string of the molecule is COCCCn1c(=O)[nH]c(=O)c2c1nc(C(C)N)n2C. The molecule has 20 heavy (non-hydrogen) atoms. The Balaban J connectivity index is 2.65. The third kappa shape index (κ3) is 2.39. The number of nitrogens with two attached hydrogens (primary N) is 1. The van der Waals surface area contributed by atoms with Crippen molar-refractivity contribution in [1.29, 1.82) is 0 Å². The smallest absolute Gasteiger partial charge is 0.330 e. The first-order chi connectivity index (χ1) is 9.47. The number of ether oxygens (including phenoxy) is 1. The highest BCUT2D eigenvalue weighted by atomic mass is 16.5. The van der Waals surface area contributed by atoms with Crippen molar-refractivity contribution in [3.63, 3.8) is 0 Å². The predicted octanol–water partition coefficient (Wildman–Crippen LogP) is -0.520. The van der Waals surface area contributed by atoms with Crippen molar-refractivity contribution >= 4 is 11.2 Å². The molecule has 0 aliphatic carbocycles. The van der Waals surface area contributed by atoms with Gasteiger partial charge < -0.3 is 15.0 Å². The highest BCUT2D eigenvalue weighted by Gasteiger charge is 2.17. The number of aromatic amines is 1. The number of methoxy groups -OCH3 is 1. The third-order valence-electron chi connectivity index (χ3n) is 3.19. The van der Waals surface area contributed by atoms with Crippen LogP contribution in [0.15, 0.2) is 9.59 Å². The zero-order valence-corrected chi connectivity index (χ0v) is 11.8. The summed E-state index contributed by atoms with van der Waals surface area (Å²) in [6.07, 6.45) is 0.654. The summed E-state index contributed by atoms with van der Waals surface area (Å²) in [6, 6.07) is -0.325. The van der Waals surface area contributed by atoms with E-state index in [1.165, 1.54) is 4.57 Å². The van der Waals surface area contributed by atoms with Gasteiger partial charge in [0.05, 0.1) is 6.04 Å². The van der Waals surface area contributed by atoms with Gasteiger partial charge in [0, 0.05) is 27.3 Å². The maximum absolute atomic E-state index is 11.9. The number of imidazole rings is 1. The molecular weight excluding hydrogens is 262 g/mol. The minimum Gasteiger partial charge on any atom is -0.385 e. The molecule has 3 N–H and O–H groups in total. The van der Waals surface area contributed by atoms with Crippen LogP contribution < -0.4 is 17.0 Å². The summed E-state index contributed by atoms with van der Waals surface area (Å²) in [7, 11) is 3.31. The van der Waals surface area contributed by atoms with E-state index in [1.54, 1.807) is 25.6 Å². The summed E-state index contributed by atoms with van der Waals surface area (Å²) in [6.45, 7) is 2.73. The summed E-state index contributed by atoms with van der Waals surface area (Å²) in [4.78, 5) is 30.5. The van der Waals surface area contributed by atoms with Gasteiger partial charge in [0.25, 0.3) is 5.56 Å². The first-order valence-corrected chi connectivity index (χ1v) is 6.41. The molecular formula is C12H19N5O3. The first kappa shape index (κ1) is 14.5. The Morgan fingerprint density at radius 3 is 2.75 bits per heavy atom. The Morgan fingerprint density at radius 1 is 1.45 bits per heavy atom. The van der Waals surface area contributed by atoms with Crippen LogP contribution in [0.1, 0.15) is 25.2 Å². The lowest BCUT2D eigenvalue weighted by Gasteiger charge is -2.05. The van der Waals surface area contributed by atoms with Crippen molar-refractivity contribution < 1.29 is 4.74 Å². The Morgan fingerprint density at radius 2 is 2.15 bits per heavy atom. The summed E-state index contributed by atoms with van der Waals surface area (Å²) < 4.78 is 8.05. The number of H-pyrrole nitrogens is 1. The number of nitrogens with one attached hydrogen (secondary N) is 1. The van der Waals surface area contributed by atoms with Gasteiger partial charge in [-0.15, -0.1) is 0 Å². The van der Waals surface area contributed by atoms with Crippen LogP contribution in [0.2, 0.25) is 0 Å². The average Bonchev–Trinajstić information content (AvgIpc) is 2.72. The Bertz CT molecular complexity index is 725. The molecule has 8 nitrogen and oxygen atoms in total. The van der Waals surface area contributed by atoms with Crippen molar-refractivity contribution in [2.24, 2.45) is 12.8 Å². The Labute approximate surface area is 115 Å².